The summed E-state index contributed by atoms with van der Waals surface area (Å²) in [6.45, 7) is 8.47. The number of para-hydroxylation sites is 2. The van der Waals surface area contributed by atoms with Crippen LogP contribution in [0.25, 0.3) is 0 Å². The van der Waals surface area contributed by atoms with Gasteiger partial charge < -0.3 is 14.8 Å². The van der Waals surface area contributed by atoms with Gasteiger partial charge in [-0.25, -0.2) is 0 Å². The third kappa shape index (κ3) is 2.82. The van der Waals surface area contributed by atoms with Crippen molar-refractivity contribution >= 4 is 11.4 Å². The van der Waals surface area contributed by atoms with Crippen molar-refractivity contribution in [3.63, 3.8) is 0 Å². The molecule has 3 nitrogen and oxygen atoms in total. The maximum absolute atomic E-state index is 3.56. The number of rotatable bonds is 5. The van der Waals surface area contributed by atoms with Crippen LogP contribution in [0.3, 0.4) is 0 Å². The Morgan fingerprint density at radius 1 is 1.15 bits per heavy atom. The topological polar surface area (TPSA) is 20.2 Å². The van der Waals surface area contributed by atoms with Crippen LogP contribution >= 0.6 is 0 Å². The van der Waals surface area contributed by atoms with Crippen LogP contribution in [0.15, 0.2) is 30.3 Å². The number of hydrogen-bond donors (Lipinski definition) is 1. The largest absolute Gasteiger partial charge is 0.379 e. The summed E-state index contributed by atoms with van der Waals surface area (Å²) in [5.41, 5.74) is 6.47. The zero-order valence-corrected chi connectivity index (χ0v) is 13.2. The molecule has 0 spiro atoms. The molecule has 1 heterocycles. The summed E-state index contributed by atoms with van der Waals surface area (Å²) in [5, 5.41) is 3.56. The molecule has 0 amide bonds. The van der Waals surface area contributed by atoms with E-state index in [1.807, 2.05) is 0 Å². The summed E-state index contributed by atoms with van der Waals surface area (Å²) >= 11 is 0. The van der Waals surface area contributed by atoms with Gasteiger partial charge in [-0.1, -0.05) is 12.1 Å². The van der Waals surface area contributed by atoms with Gasteiger partial charge >= 0.3 is 0 Å². The van der Waals surface area contributed by atoms with Gasteiger partial charge in [0.1, 0.15) is 0 Å². The molecule has 0 radical (unpaired) electrons. The monoisotopic (exact) mass is 271 g/mol. The first kappa shape index (κ1) is 14.5. The second-order valence-corrected chi connectivity index (χ2v) is 5.41. The normalized spacial score (nSPS) is 10.7. The highest BCUT2D eigenvalue weighted by molar-refractivity contribution is 5.69. The van der Waals surface area contributed by atoms with E-state index in [2.05, 4.69) is 80.0 Å². The van der Waals surface area contributed by atoms with E-state index in [9.17, 15) is 0 Å². The number of aryl methyl sites for hydroxylation is 1. The molecule has 0 aliphatic heterocycles. The van der Waals surface area contributed by atoms with E-state index < -0.39 is 0 Å². The van der Waals surface area contributed by atoms with Gasteiger partial charge in [-0.05, 0) is 44.5 Å². The summed E-state index contributed by atoms with van der Waals surface area (Å²) in [6.07, 6.45) is 0. The lowest BCUT2D eigenvalue weighted by Crippen LogP contribution is -2.12. The summed E-state index contributed by atoms with van der Waals surface area (Å²) < 4.78 is 2.36. The molecule has 0 saturated heterocycles. The van der Waals surface area contributed by atoms with Crippen LogP contribution < -0.4 is 10.2 Å². The van der Waals surface area contributed by atoms with Gasteiger partial charge in [0, 0.05) is 38.6 Å². The summed E-state index contributed by atoms with van der Waals surface area (Å²) in [7, 11) is 4.15. The van der Waals surface area contributed by atoms with E-state index in [0.29, 0.717) is 0 Å². The predicted octanol–water partition coefficient (Wildman–Crippen LogP) is 3.80. The molecule has 2 aromatic rings. The molecule has 1 N–H and O–H groups in total. The minimum absolute atomic E-state index is 0.866. The van der Waals surface area contributed by atoms with Gasteiger partial charge in [0.25, 0.3) is 0 Å². The molecule has 3 heteroatoms. The van der Waals surface area contributed by atoms with E-state index in [0.717, 1.165) is 13.1 Å². The van der Waals surface area contributed by atoms with Crippen molar-refractivity contribution in [2.24, 2.45) is 0 Å². The molecular weight excluding hydrogens is 246 g/mol. The molecule has 0 saturated carbocycles. The highest BCUT2D eigenvalue weighted by Gasteiger charge is 2.08. The van der Waals surface area contributed by atoms with Crippen molar-refractivity contribution in [3.05, 3.63) is 47.3 Å². The molecule has 0 unspecified atom stereocenters. The Morgan fingerprint density at radius 2 is 1.85 bits per heavy atom. The summed E-state index contributed by atoms with van der Waals surface area (Å²) in [6, 6.07) is 10.7. The molecule has 20 heavy (non-hydrogen) atoms. The molecule has 0 aliphatic rings. The third-order valence-corrected chi connectivity index (χ3v) is 3.85. The lowest BCUT2D eigenvalue weighted by Gasteiger charge is -2.18. The van der Waals surface area contributed by atoms with E-state index >= 15 is 0 Å². The molecule has 0 bridgehead atoms. The lowest BCUT2D eigenvalue weighted by atomic mass is 10.2. The van der Waals surface area contributed by atoms with Crippen LogP contribution in [0.1, 0.15) is 23.9 Å². The average molecular weight is 271 g/mol. The number of aromatic nitrogens is 1. The van der Waals surface area contributed by atoms with Gasteiger partial charge in [-0.2, -0.15) is 0 Å². The number of anilines is 2. The molecule has 2 rings (SSSR count). The van der Waals surface area contributed by atoms with Crippen molar-refractivity contribution in [1.29, 1.82) is 0 Å². The predicted molar refractivity (Wildman–Crippen MR) is 87.7 cm³/mol. The summed E-state index contributed by atoms with van der Waals surface area (Å²) in [4.78, 5) is 2.14. The smallest absolute Gasteiger partial charge is 0.0596 e. The quantitative estimate of drug-likeness (QED) is 0.892. The van der Waals surface area contributed by atoms with Crippen molar-refractivity contribution < 1.29 is 0 Å². The fourth-order valence-corrected chi connectivity index (χ4v) is 2.74. The van der Waals surface area contributed by atoms with Crippen LogP contribution in [0, 0.1) is 13.8 Å². The third-order valence-electron chi connectivity index (χ3n) is 3.85. The fourth-order valence-electron chi connectivity index (χ4n) is 2.74. The first-order valence-corrected chi connectivity index (χ1v) is 7.20. The number of nitrogens with zero attached hydrogens (tertiary/aromatic N) is 2. The zero-order valence-electron chi connectivity index (χ0n) is 13.2. The first-order chi connectivity index (χ1) is 9.54. The standard InChI is InChI=1S/C17H25N3/c1-6-20-13(2)11-15(14(20)3)12-18-16-9-7-8-10-17(16)19(4)5/h7-11,18H,6,12H2,1-5H3. The van der Waals surface area contributed by atoms with Crippen LogP contribution in [-0.4, -0.2) is 18.7 Å². The Kier molecular flexibility index (Phi) is 4.38. The maximum Gasteiger partial charge on any atom is 0.0596 e. The van der Waals surface area contributed by atoms with Gasteiger partial charge in [0.15, 0.2) is 0 Å². The SMILES string of the molecule is CCn1c(C)cc(CNc2ccccc2N(C)C)c1C. The Hall–Kier alpha value is -1.90. The molecule has 0 aliphatic carbocycles. The van der Waals surface area contributed by atoms with Gasteiger partial charge in [0.2, 0.25) is 0 Å². The summed E-state index contributed by atoms with van der Waals surface area (Å²) in [5.74, 6) is 0. The number of nitrogens with one attached hydrogen (secondary N) is 1. The number of benzene rings is 1. The minimum Gasteiger partial charge on any atom is -0.379 e. The highest BCUT2D eigenvalue weighted by Crippen LogP contribution is 2.25. The minimum atomic E-state index is 0.866. The van der Waals surface area contributed by atoms with Crippen molar-refractivity contribution in [2.75, 3.05) is 24.3 Å². The van der Waals surface area contributed by atoms with Crippen LogP contribution in [0.2, 0.25) is 0 Å². The van der Waals surface area contributed by atoms with Crippen molar-refractivity contribution in [1.82, 2.24) is 4.57 Å². The average Bonchev–Trinajstić information content (AvgIpc) is 2.70. The van der Waals surface area contributed by atoms with E-state index in [1.165, 1.54) is 28.3 Å². The van der Waals surface area contributed by atoms with Crippen molar-refractivity contribution in [2.45, 2.75) is 33.9 Å². The Balaban J connectivity index is 2.17. The lowest BCUT2D eigenvalue weighted by molar-refractivity contribution is 0.715. The molecular formula is C17H25N3. The van der Waals surface area contributed by atoms with Crippen LogP contribution in [0.5, 0.6) is 0 Å². The Morgan fingerprint density at radius 3 is 2.45 bits per heavy atom. The zero-order chi connectivity index (χ0) is 14.7. The van der Waals surface area contributed by atoms with Crippen LogP contribution in [-0.2, 0) is 13.1 Å². The van der Waals surface area contributed by atoms with E-state index in [-0.39, 0.29) is 0 Å². The van der Waals surface area contributed by atoms with E-state index in [4.69, 9.17) is 0 Å². The van der Waals surface area contributed by atoms with Gasteiger partial charge in [0.05, 0.1) is 11.4 Å². The second kappa shape index (κ2) is 6.04. The van der Waals surface area contributed by atoms with Gasteiger partial charge in [-0.3, -0.25) is 0 Å². The number of hydrogen-bond acceptors (Lipinski definition) is 2. The van der Waals surface area contributed by atoms with Crippen LogP contribution in [0.4, 0.5) is 11.4 Å². The molecule has 1 aromatic heterocycles. The van der Waals surface area contributed by atoms with Crippen molar-refractivity contribution in [3.8, 4) is 0 Å². The molecule has 1 aromatic carbocycles. The van der Waals surface area contributed by atoms with E-state index in [1.54, 1.807) is 0 Å². The fraction of sp³-hybridized carbons (Fsp3) is 0.412. The first-order valence-electron chi connectivity index (χ1n) is 7.20. The van der Waals surface area contributed by atoms with Gasteiger partial charge in [-0.15, -0.1) is 0 Å². The maximum atomic E-state index is 3.56. The Labute approximate surface area is 122 Å². The highest BCUT2D eigenvalue weighted by atomic mass is 15.1. The second-order valence-electron chi connectivity index (χ2n) is 5.41. The molecule has 0 atom stereocenters. The molecule has 108 valence electrons. The molecule has 0 fully saturated rings. The Bertz CT molecular complexity index is 582.